The number of hydrogen-bond donors (Lipinski definition) is 2. The minimum atomic E-state index is -1.16. The van der Waals surface area contributed by atoms with Crippen LogP contribution in [0.15, 0.2) is 48.5 Å². The number of nitrogens with zero attached hydrogens (tertiary/aromatic N) is 1. The molecule has 1 heterocycles. The first-order valence-corrected chi connectivity index (χ1v) is 6.14. The number of carboxylic acid groups (broad SMARTS) is 1. The molecule has 0 fully saturated rings. The summed E-state index contributed by atoms with van der Waals surface area (Å²) in [5.74, 6) is -1.56. The number of amides is 1. The second kappa shape index (κ2) is 5.97. The number of carbonyl (C=O) groups is 2. The van der Waals surface area contributed by atoms with Crippen LogP contribution in [-0.2, 0) is 0 Å². The lowest BCUT2D eigenvalue weighted by Gasteiger charge is -2.13. The van der Waals surface area contributed by atoms with Gasteiger partial charge in [-0.2, -0.15) is 0 Å². The van der Waals surface area contributed by atoms with Crippen LogP contribution in [0.25, 0.3) is 0 Å². The third-order valence-corrected chi connectivity index (χ3v) is 2.85. The van der Waals surface area contributed by atoms with E-state index in [9.17, 15) is 9.59 Å². The molecule has 0 spiro atoms. The molecule has 1 atom stereocenters. The summed E-state index contributed by atoms with van der Waals surface area (Å²) in [6.45, 7) is 1.86. The van der Waals surface area contributed by atoms with E-state index in [-0.39, 0.29) is 17.4 Å². The van der Waals surface area contributed by atoms with Crippen molar-refractivity contribution in [1.82, 2.24) is 10.3 Å². The van der Waals surface area contributed by atoms with Crippen LogP contribution in [0.3, 0.4) is 0 Å². The zero-order chi connectivity index (χ0) is 14.5. The van der Waals surface area contributed by atoms with Gasteiger partial charge >= 0.3 is 5.97 Å². The van der Waals surface area contributed by atoms with Crippen molar-refractivity contribution >= 4 is 11.9 Å². The molecule has 1 unspecified atom stereocenters. The number of nitrogens with one attached hydrogen (secondary N) is 1. The second-order valence-corrected chi connectivity index (χ2v) is 4.32. The number of rotatable bonds is 4. The monoisotopic (exact) mass is 270 g/mol. The molecule has 2 aromatic rings. The number of benzene rings is 1. The van der Waals surface area contributed by atoms with Crippen molar-refractivity contribution in [3.63, 3.8) is 0 Å². The Bertz CT molecular complexity index is 626. The smallest absolute Gasteiger partial charge is 0.354 e. The molecule has 0 saturated carbocycles. The fourth-order valence-electron chi connectivity index (χ4n) is 1.78. The Morgan fingerprint density at radius 3 is 2.35 bits per heavy atom. The average molecular weight is 270 g/mol. The number of aromatic nitrogens is 1. The van der Waals surface area contributed by atoms with Crippen LogP contribution in [0.2, 0.25) is 0 Å². The standard InChI is InChI=1S/C15H14N2O3/c1-10(11-6-3-2-4-7-11)16-14(18)12-8-5-9-13(17-12)15(19)20/h2-10H,1H3,(H,16,18)(H,19,20). The summed E-state index contributed by atoms with van der Waals surface area (Å²) >= 11 is 0. The Kier molecular flexibility index (Phi) is 4.10. The molecule has 5 nitrogen and oxygen atoms in total. The van der Waals surface area contributed by atoms with Crippen molar-refractivity contribution in [1.29, 1.82) is 0 Å². The van der Waals surface area contributed by atoms with E-state index in [2.05, 4.69) is 10.3 Å². The van der Waals surface area contributed by atoms with E-state index < -0.39 is 11.9 Å². The second-order valence-electron chi connectivity index (χ2n) is 4.32. The first kappa shape index (κ1) is 13.7. The van der Waals surface area contributed by atoms with Gasteiger partial charge in [-0.3, -0.25) is 4.79 Å². The summed E-state index contributed by atoms with van der Waals surface area (Å²) in [4.78, 5) is 26.7. The molecule has 2 N–H and O–H groups in total. The largest absolute Gasteiger partial charge is 0.477 e. The summed E-state index contributed by atoms with van der Waals surface area (Å²) in [5.41, 5.74) is 0.910. The van der Waals surface area contributed by atoms with Gasteiger partial charge in [0, 0.05) is 0 Å². The average Bonchev–Trinajstić information content (AvgIpc) is 2.48. The molecule has 0 aliphatic heterocycles. The first-order chi connectivity index (χ1) is 9.58. The van der Waals surface area contributed by atoms with Gasteiger partial charge in [0.1, 0.15) is 11.4 Å². The van der Waals surface area contributed by atoms with Crippen LogP contribution >= 0.6 is 0 Å². The molecule has 0 radical (unpaired) electrons. The van der Waals surface area contributed by atoms with Gasteiger partial charge in [0.25, 0.3) is 5.91 Å². The number of aromatic carboxylic acids is 1. The number of pyridine rings is 1. The van der Waals surface area contributed by atoms with E-state index in [1.807, 2.05) is 37.3 Å². The van der Waals surface area contributed by atoms with Crippen LogP contribution < -0.4 is 5.32 Å². The number of carbonyl (C=O) groups excluding carboxylic acids is 1. The molecule has 0 aliphatic rings. The van der Waals surface area contributed by atoms with Gasteiger partial charge in [-0.25, -0.2) is 9.78 Å². The highest BCUT2D eigenvalue weighted by molar-refractivity contribution is 5.94. The lowest BCUT2D eigenvalue weighted by atomic mass is 10.1. The van der Waals surface area contributed by atoms with Gasteiger partial charge < -0.3 is 10.4 Å². The van der Waals surface area contributed by atoms with Crippen LogP contribution in [0.5, 0.6) is 0 Å². The molecule has 2 rings (SSSR count). The van der Waals surface area contributed by atoms with Crippen LogP contribution in [0.4, 0.5) is 0 Å². The molecule has 20 heavy (non-hydrogen) atoms. The summed E-state index contributed by atoms with van der Waals surface area (Å²) in [7, 11) is 0. The van der Waals surface area contributed by atoms with Gasteiger partial charge in [0.15, 0.2) is 0 Å². The molecule has 0 aliphatic carbocycles. The predicted octanol–water partition coefficient (Wildman–Crippen LogP) is 2.27. The normalized spacial score (nSPS) is 11.7. The minimum absolute atomic E-state index is 0.0904. The third-order valence-electron chi connectivity index (χ3n) is 2.85. The molecule has 5 heteroatoms. The first-order valence-electron chi connectivity index (χ1n) is 6.14. The Hall–Kier alpha value is -2.69. The third kappa shape index (κ3) is 3.20. The van der Waals surface area contributed by atoms with Crippen molar-refractivity contribution in [2.75, 3.05) is 0 Å². The molecular formula is C15H14N2O3. The maximum Gasteiger partial charge on any atom is 0.354 e. The van der Waals surface area contributed by atoms with Gasteiger partial charge in [-0.15, -0.1) is 0 Å². The fourth-order valence-corrected chi connectivity index (χ4v) is 1.78. The van der Waals surface area contributed by atoms with Crippen LogP contribution in [-0.4, -0.2) is 22.0 Å². The zero-order valence-corrected chi connectivity index (χ0v) is 10.9. The zero-order valence-electron chi connectivity index (χ0n) is 10.9. The number of hydrogen-bond acceptors (Lipinski definition) is 3. The minimum Gasteiger partial charge on any atom is -0.477 e. The Morgan fingerprint density at radius 1 is 1.05 bits per heavy atom. The van der Waals surface area contributed by atoms with E-state index >= 15 is 0 Å². The van der Waals surface area contributed by atoms with Crippen molar-refractivity contribution < 1.29 is 14.7 Å². The maximum absolute atomic E-state index is 12.0. The summed E-state index contributed by atoms with van der Waals surface area (Å²) in [5, 5.41) is 11.6. The van der Waals surface area contributed by atoms with Gasteiger partial charge in [0.05, 0.1) is 6.04 Å². The van der Waals surface area contributed by atoms with E-state index in [1.54, 1.807) is 0 Å². The van der Waals surface area contributed by atoms with Crippen molar-refractivity contribution in [3.05, 3.63) is 65.5 Å². The van der Waals surface area contributed by atoms with Gasteiger partial charge in [-0.1, -0.05) is 36.4 Å². The van der Waals surface area contributed by atoms with Crippen LogP contribution in [0, 0.1) is 0 Å². The maximum atomic E-state index is 12.0. The summed E-state index contributed by atoms with van der Waals surface area (Å²) in [6, 6.07) is 13.6. The molecule has 0 bridgehead atoms. The molecule has 0 saturated heterocycles. The van der Waals surface area contributed by atoms with Crippen molar-refractivity contribution in [2.45, 2.75) is 13.0 Å². The highest BCUT2D eigenvalue weighted by atomic mass is 16.4. The van der Waals surface area contributed by atoms with E-state index in [1.165, 1.54) is 18.2 Å². The molecule has 1 aromatic carbocycles. The Morgan fingerprint density at radius 2 is 1.70 bits per heavy atom. The topological polar surface area (TPSA) is 79.3 Å². The lowest BCUT2D eigenvalue weighted by molar-refractivity contribution is 0.0690. The lowest BCUT2D eigenvalue weighted by Crippen LogP contribution is -2.27. The Balaban J connectivity index is 2.12. The summed E-state index contributed by atoms with van der Waals surface area (Å²) < 4.78 is 0. The SMILES string of the molecule is CC(NC(=O)c1cccc(C(=O)O)n1)c1ccccc1. The molecule has 1 amide bonds. The van der Waals surface area contributed by atoms with Crippen molar-refractivity contribution in [3.8, 4) is 0 Å². The molecule has 1 aromatic heterocycles. The Labute approximate surface area is 116 Å². The fraction of sp³-hybridized carbons (Fsp3) is 0.133. The van der Waals surface area contributed by atoms with E-state index in [4.69, 9.17) is 5.11 Å². The highest BCUT2D eigenvalue weighted by Gasteiger charge is 2.14. The predicted molar refractivity (Wildman–Crippen MR) is 73.5 cm³/mol. The molecule has 102 valence electrons. The van der Waals surface area contributed by atoms with Crippen molar-refractivity contribution in [2.24, 2.45) is 0 Å². The van der Waals surface area contributed by atoms with E-state index in [0.29, 0.717) is 0 Å². The van der Waals surface area contributed by atoms with Gasteiger partial charge in [0.2, 0.25) is 0 Å². The quantitative estimate of drug-likeness (QED) is 0.893. The summed E-state index contributed by atoms with van der Waals surface area (Å²) in [6.07, 6.45) is 0. The van der Waals surface area contributed by atoms with E-state index in [0.717, 1.165) is 5.56 Å². The van der Waals surface area contributed by atoms with Gasteiger partial charge in [-0.05, 0) is 24.6 Å². The highest BCUT2D eigenvalue weighted by Crippen LogP contribution is 2.12. The van der Waals surface area contributed by atoms with Crippen LogP contribution in [0.1, 0.15) is 39.5 Å². The number of carboxylic acids is 1. The molecular weight excluding hydrogens is 256 g/mol.